The standard InChI is InChI=1S/C14H16N2O4/c1-9-12(17)15-7-2-8-16(9)13(18)10-3-5-11(6-4-10)14(19)20/h3-6,9H,2,7-8H2,1H3,(H,15,17)(H,19,20). The first-order chi connectivity index (χ1) is 9.50. The Kier molecular flexibility index (Phi) is 4.02. The molecule has 1 atom stereocenters. The molecule has 0 radical (unpaired) electrons. The minimum absolute atomic E-state index is 0.128. The van der Waals surface area contributed by atoms with E-state index in [0.717, 1.165) is 0 Å². The Labute approximate surface area is 116 Å². The summed E-state index contributed by atoms with van der Waals surface area (Å²) in [6.45, 7) is 2.74. The van der Waals surface area contributed by atoms with Gasteiger partial charge in [0.05, 0.1) is 5.56 Å². The van der Waals surface area contributed by atoms with Crippen LogP contribution in [0.15, 0.2) is 24.3 Å². The number of rotatable bonds is 2. The number of aromatic carboxylic acids is 1. The monoisotopic (exact) mass is 276 g/mol. The number of benzene rings is 1. The molecule has 2 rings (SSSR count). The zero-order chi connectivity index (χ0) is 14.7. The van der Waals surface area contributed by atoms with Gasteiger partial charge in [0.1, 0.15) is 6.04 Å². The van der Waals surface area contributed by atoms with Gasteiger partial charge in [-0.2, -0.15) is 0 Å². The number of hydrogen-bond donors (Lipinski definition) is 2. The predicted molar refractivity (Wildman–Crippen MR) is 71.5 cm³/mol. The van der Waals surface area contributed by atoms with Crippen LogP contribution in [0, 0.1) is 0 Å². The number of amides is 2. The van der Waals surface area contributed by atoms with Gasteiger partial charge in [-0.05, 0) is 37.6 Å². The Balaban J connectivity index is 2.21. The third-order valence-corrected chi connectivity index (χ3v) is 3.36. The molecule has 0 aliphatic carbocycles. The highest BCUT2D eigenvalue weighted by molar-refractivity contribution is 5.98. The largest absolute Gasteiger partial charge is 0.478 e. The molecule has 0 spiro atoms. The van der Waals surface area contributed by atoms with Crippen LogP contribution in [0.25, 0.3) is 0 Å². The highest BCUT2D eigenvalue weighted by Crippen LogP contribution is 2.13. The average Bonchev–Trinajstić information content (AvgIpc) is 2.61. The molecule has 0 aromatic heterocycles. The summed E-state index contributed by atoms with van der Waals surface area (Å²) in [5, 5.41) is 11.6. The summed E-state index contributed by atoms with van der Waals surface area (Å²) in [7, 11) is 0. The minimum atomic E-state index is -1.04. The molecule has 1 aliphatic rings. The molecule has 1 aliphatic heterocycles. The van der Waals surface area contributed by atoms with Crippen LogP contribution in [0.2, 0.25) is 0 Å². The van der Waals surface area contributed by atoms with Crippen molar-refractivity contribution < 1.29 is 19.5 Å². The molecule has 20 heavy (non-hydrogen) atoms. The average molecular weight is 276 g/mol. The van der Waals surface area contributed by atoms with E-state index in [1.54, 1.807) is 6.92 Å². The fraction of sp³-hybridized carbons (Fsp3) is 0.357. The van der Waals surface area contributed by atoms with E-state index in [0.29, 0.717) is 25.1 Å². The van der Waals surface area contributed by atoms with Crippen LogP contribution in [-0.2, 0) is 4.79 Å². The molecular weight excluding hydrogens is 260 g/mol. The lowest BCUT2D eigenvalue weighted by molar-refractivity contribution is -0.124. The lowest BCUT2D eigenvalue weighted by Crippen LogP contribution is -2.45. The normalized spacial score (nSPS) is 19.1. The number of carboxylic acids is 1. The Bertz CT molecular complexity index is 539. The summed E-state index contributed by atoms with van der Waals surface area (Å²) in [6, 6.07) is 5.20. The van der Waals surface area contributed by atoms with Gasteiger partial charge >= 0.3 is 5.97 Å². The summed E-state index contributed by atoms with van der Waals surface area (Å²) < 4.78 is 0. The number of carbonyl (C=O) groups is 3. The first kappa shape index (κ1) is 14.0. The second-order valence-corrected chi connectivity index (χ2v) is 4.70. The van der Waals surface area contributed by atoms with Gasteiger partial charge in [0.25, 0.3) is 5.91 Å². The predicted octanol–water partition coefficient (Wildman–Crippen LogP) is 0.735. The van der Waals surface area contributed by atoms with E-state index in [1.807, 2.05) is 0 Å². The van der Waals surface area contributed by atoms with Crippen LogP contribution >= 0.6 is 0 Å². The summed E-state index contributed by atoms with van der Waals surface area (Å²) in [6.07, 6.45) is 0.703. The van der Waals surface area contributed by atoms with Crippen molar-refractivity contribution in [1.29, 1.82) is 0 Å². The molecule has 6 nitrogen and oxygen atoms in total. The van der Waals surface area contributed by atoms with Gasteiger partial charge < -0.3 is 15.3 Å². The maximum absolute atomic E-state index is 12.4. The number of nitrogens with zero attached hydrogens (tertiary/aromatic N) is 1. The Morgan fingerprint density at radius 1 is 1.25 bits per heavy atom. The van der Waals surface area contributed by atoms with E-state index >= 15 is 0 Å². The molecule has 1 aromatic carbocycles. The molecule has 1 unspecified atom stereocenters. The van der Waals surface area contributed by atoms with Crippen molar-refractivity contribution in [3.8, 4) is 0 Å². The highest BCUT2D eigenvalue weighted by atomic mass is 16.4. The van der Waals surface area contributed by atoms with Crippen LogP contribution in [0.3, 0.4) is 0 Å². The molecule has 0 saturated carbocycles. The van der Waals surface area contributed by atoms with Crippen molar-refractivity contribution in [2.45, 2.75) is 19.4 Å². The van der Waals surface area contributed by atoms with Gasteiger partial charge in [0.2, 0.25) is 5.91 Å². The van der Waals surface area contributed by atoms with E-state index < -0.39 is 12.0 Å². The van der Waals surface area contributed by atoms with Crippen LogP contribution in [0.4, 0.5) is 0 Å². The van der Waals surface area contributed by atoms with Gasteiger partial charge in [-0.25, -0.2) is 4.79 Å². The molecule has 6 heteroatoms. The molecule has 0 bridgehead atoms. The van der Waals surface area contributed by atoms with Crippen LogP contribution in [-0.4, -0.2) is 46.9 Å². The van der Waals surface area contributed by atoms with Gasteiger partial charge in [-0.15, -0.1) is 0 Å². The summed E-state index contributed by atoms with van der Waals surface area (Å²) in [4.78, 5) is 36.4. The van der Waals surface area contributed by atoms with Crippen LogP contribution in [0.1, 0.15) is 34.1 Å². The smallest absolute Gasteiger partial charge is 0.335 e. The molecule has 1 saturated heterocycles. The molecule has 1 fully saturated rings. The third-order valence-electron chi connectivity index (χ3n) is 3.36. The van der Waals surface area contributed by atoms with Gasteiger partial charge in [-0.3, -0.25) is 9.59 Å². The zero-order valence-electron chi connectivity index (χ0n) is 11.1. The summed E-state index contributed by atoms with van der Waals surface area (Å²) >= 11 is 0. The Hall–Kier alpha value is -2.37. The molecule has 2 amide bonds. The van der Waals surface area contributed by atoms with Crippen molar-refractivity contribution >= 4 is 17.8 Å². The first-order valence-corrected chi connectivity index (χ1v) is 6.42. The quantitative estimate of drug-likeness (QED) is 0.834. The van der Waals surface area contributed by atoms with E-state index in [1.165, 1.54) is 29.2 Å². The van der Waals surface area contributed by atoms with Crippen molar-refractivity contribution in [3.05, 3.63) is 35.4 Å². The fourth-order valence-electron chi connectivity index (χ4n) is 2.14. The second-order valence-electron chi connectivity index (χ2n) is 4.70. The van der Waals surface area contributed by atoms with E-state index in [2.05, 4.69) is 5.32 Å². The summed E-state index contributed by atoms with van der Waals surface area (Å²) in [5.74, 6) is -1.46. The van der Waals surface area contributed by atoms with Crippen molar-refractivity contribution in [2.75, 3.05) is 13.1 Å². The first-order valence-electron chi connectivity index (χ1n) is 6.42. The number of carbonyl (C=O) groups excluding carboxylic acids is 2. The lowest BCUT2D eigenvalue weighted by Gasteiger charge is -2.25. The van der Waals surface area contributed by atoms with E-state index in [4.69, 9.17) is 5.11 Å². The molecule has 2 N–H and O–H groups in total. The molecule has 1 heterocycles. The zero-order valence-corrected chi connectivity index (χ0v) is 11.1. The van der Waals surface area contributed by atoms with Crippen molar-refractivity contribution in [1.82, 2.24) is 10.2 Å². The third kappa shape index (κ3) is 2.79. The number of nitrogens with one attached hydrogen (secondary N) is 1. The summed E-state index contributed by atoms with van der Waals surface area (Å²) in [5.41, 5.74) is 0.514. The molecule has 1 aromatic rings. The second kappa shape index (κ2) is 5.73. The van der Waals surface area contributed by atoms with Gasteiger partial charge in [0, 0.05) is 18.7 Å². The van der Waals surface area contributed by atoms with Crippen LogP contribution in [0.5, 0.6) is 0 Å². The van der Waals surface area contributed by atoms with E-state index in [-0.39, 0.29) is 17.4 Å². The number of carboxylic acid groups (broad SMARTS) is 1. The SMILES string of the molecule is CC1C(=O)NCCCN1C(=O)c1ccc(C(=O)O)cc1. The van der Waals surface area contributed by atoms with Crippen LogP contribution < -0.4 is 5.32 Å². The highest BCUT2D eigenvalue weighted by Gasteiger charge is 2.28. The lowest BCUT2D eigenvalue weighted by atomic mass is 10.1. The maximum Gasteiger partial charge on any atom is 0.335 e. The van der Waals surface area contributed by atoms with Crippen molar-refractivity contribution in [3.63, 3.8) is 0 Å². The maximum atomic E-state index is 12.4. The number of hydrogen-bond acceptors (Lipinski definition) is 3. The topological polar surface area (TPSA) is 86.7 Å². The van der Waals surface area contributed by atoms with Crippen molar-refractivity contribution in [2.24, 2.45) is 0 Å². The van der Waals surface area contributed by atoms with Gasteiger partial charge in [-0.1, -0.05) is 0 Å². The molecular formula is C14H16N2O4. The Morgan fingerprint density at radius 2 is 1.85 bits per heavy atom. The Morgan fingerprint density at radius 3 is 2.45 bits per heavy atom. The van der Waals surface area contributed by atoms with Gasteiger partial charge in [0.15, 0.2) is 0 Å². The fourth-order valence-corrected chi connectivity index (χ4v) is 2.14. The molecule has 106 valence electrons. The van der Waals surface area contributed by atoms with E-state index in [9.17, 15) is 14.4 Å². The minimum Gasteiger partial charge on any atom is -0.478 e.